The highest BCUT2D eigenvalue weighted by molar-refractivity contribution is 7.10. The molecular formula is C17H19Cl2NS. The van der Waals surface area contributed by atoms with Crippen LogP contribution in [0.25, 0.3) is 0 Å². The minimum atomic E-state index is 0.231. The molecule has 21 heavy (non-hydrogen) atoms. The van der Waals surface area contributed by atoms with Gasteiger partial charge in [-0.25, -0.2) is 0 Å². The lowest BCUT2D eigenvalue weighted by Gasteiger charge is -2.32. The first-order chi connectivity index (χ1) is 10.2. The number of rotatable bonds is 4. The fraction of sp³-hybridized carbons (Fsp3) is 0.412. The van der Waals surface area contributed by atoms with Gasteiger partial charge in [-0.2, -0.15) is 0 Å². The van der Waals surface area contributed by atoms with E-state index in [1.54, 1.807) is 0 Å². The van der Waals surface area contributed by atoms with E-state index >= 15 is 0 Å². The van der Waals surface area contributed by atoms with E-state index in [0.29, 0.717) is 16.0 Å². The second-order valence-electron chi connectivity index (χ2n) is 5.48. The standard InChI is InChI=1S/C17H19Cl2NS/c1-2-20-17(13-6-3-7-14(18)16(13)19)12-5-4-8-15-11(12)9-10-21-15/h3,6-7,9-10,12,17,20H,2,4-5,8H2,1H3. The lowest BCUT2D eigenvalue weighted by molar-refractivity contribution is 0.411. The zero-order valence-corrected chi connectivity index (χ0v) is 14.4. The van der Waals surface area contributed by atoms with Gasteiger partial charge in [0.1, 0.15) is 0 Å². The summed E-state index contributed by atoms with van der Waals surface area (Å²) in [5.41, 5.74) is 2.61. The third-order valence-electron chi connectivity index (χ3n) is 4.24. The molecule has 3 rings (SSSR count). The average Bonchev–Trinajstić information content (AvgIpc) is 2.97. The van der Waals surface area contributed by atoms with Gasteiger partial charge in [0.2, 0.25) is 0 Å². The smallest absolute Gasteiger partial charge is 0.0640 e. The average molecular weight is 340 g/mol. The van der Waals surface area contributed by atoms with E-state index in [1.807, 2.05) is 23.5 Å². The number of hydrogen-bond acceptors (Lipinski definition) is 2. The van der Waals surface area contributed by atoms with E-state index in [4.69, 9.17) is 23.2 Å². The summed E-state index contributed by atoms with van der Waals surface area (Å²) in [6.07, 6.45) is 3.66. The van der Waals surface area contributed by atoms with Crippen molar-refractivity contribution in [3.8, 4) is 0 Å². The molecule has 2 unspecified atom stereocenters. The van der Waals surface area contributed by atoms with Crippen molar-refractivity contribution in [2.75, 3.05) is 6.54 Å². The molecule has 1 aromatic heterocycles. The van der Waals surface area contributed by atoms with Gasteiger partial charge in [-0.3, -0.25) is 0 Å². The van der Waals surface area contributed by atoms with Crippen LogP contribution >= 0.6 is 34.5 Å². The number of halogens is 2. The molecule has 4 heteroatoms. The summed E-state index contributed by atoms with van der Waals surface area (Å²) in [7, 11) is 0. The molecule has 1 aromatic carbocycles. The van der Waals surface area contributed by atoms with Gasteiger partial charge >= 0.3 is 0 Å². The molecule has 0 bridgehead atoms. The molecule has 0 saturated heterocycles. The quantitative estimate of drug-likeness (QED) is 0.739. The van der Waals surface area contributed by atoms with Crippen molar-refractivity contribution in [2.24, 2.45) is 0 Å². The summed E-state index contributed by atoms with van der Waals surface area (Å²) in [4.78, 5) is 1.53. The van der Waals surface area contributed by atoms with Crippen LogP contribution in [0.1, 0.15) is 47.7 Å². The number of benzene rings is 1. The molecule has 112 valence electrons. The second kappa shape index (κ2) is 6.70. The molecule has 2 aromatic rings. The van der Waals surface area contributed by atoms with Crippen molar-refractivity contribution in [3.63, 3.8) is 0 Å². The number of likely N-dealkylation sites (N-methyl/N-ethyl adjacent to an activating group) is 1. The maximum atomic E-state index is 6.47. The van der Waals surface area contributed by atoms with Crippen LogP contribution in [-0.2, 0) is 6.42 Å². The topological polar surface area (TPSA) is 12.0 Å². The molecule has 0 amide bonds. The lowest BCUT2D eigenvalue weighted by Crippen LogP contribution is -2.29. The Balaban J connectivity index is 2.02. The highest BCUT2D eigenvalue weighted by Crippen LogP contribution is 2.44. The number of aryl methyl sites for hydroxylation is 1. The molecule has 1 N–H and O–H groups in total. The molecule has 0 spiro atoms. The monoisotopic (exact) mass is 339 g/mol. The van der Waals surface area contributed by atoms with Crippen molar-refractivity contribution >= 4 is 34.5 Å². The van der Waals surface area contributed by atoms with Gasteiger partial charge in [0.25, 0.3) is 0 Å². The normalized spacial score (nSPS) is 19.3. The number of thiophene rings is 1. The fourth-order valence-electron chi connectivity index (χ4n) is 3.32. The molecule has 0 fully saturated rings. The first-order valence-corrected chi connectivity index (χ1v) is 9.09. The molecule has 1 aliphatic rings. The maximum Gasteiger partial charge on any atom is 0.0640 e. The van der Waals surface area contributed by atoms with Gasteiger partial charge in [0.05, 0.1) is 10.0 Å². The van der Waals surface area contributed by atoms with Crippen LogP contribution in [0.2, 0.25) is 10.0 Å². The molecule has 0 radical (unpaired) electrons. The molecule has 0 aliphatic heterocycles. The Morgan fingerprint density at radius 2 is 2.19 bits per heavy atom. The van der Waals surface area contributed by atoms with Gasteiger partial charge < -0.3 is 5.32 Å². The Kier molecular flexibility index (Phi) is 4.90. The predicted octanol–water partition coefficient (Wildman–Crippen LogP) is 5.83. The predicted molar refractivity (Wildman–Crippen MR) is 92.9 cm³/mol. The number of fused-ring (bicyclic) bond motifs is 1. The zero-order valence-electron chi connectivity index (χ0n) is 12.0. The maximum absolute atomic E-state index is 6.47. The Morgan fingerprint density at radius 3 is 3.00 bits per heavy atom. The minimum absolute atomic E-state index is 0.231. The Morgan fingerprint density at radius 1 is 1.33 bits per heavy atom. The van der Waals surface area contributed by atoms with E-state index in [9.17, 15) is 0 Å². The second-order valence-corrected chi connectivity index (χ2v) is 7.26. The highest BCUT2D eigenvalue weighted by Gasteiger charge is 2.30. The third kappa shape index (κ3) is 3.00. The largest absolute Gasteiger partial charge is 0.310 e. The Bertz CT molecular complexity index is 623. The van der Waals surface area contributed by atoms with Gasteiger partial charge in [0, 0.05) is 16.8 Å². The Labute approximate surface area is 140 Å². The van der Waals surface area contributed by atoms with Gasteiger partial charge in [-0.1, -0.05) is 42.3 Å². The van der Waals surface area contributed by atoms with Crippen molar-refractivity contribution in [1.82, 2.24) is 5.32 Å². The van der Waals surface area contributed by atoms with Gasteiger partial charge in [-0.15, -0.1) is 11.3 Å². The molecule has 1 aliphatic carbocycles. The highest BCUT2D eigenvalue weighted by atomic mass is 35.5. The summed E-state index contributed by atoms with van der Waals surface area (Å²) in [5.74, 6) is 0.482. The van der Waals surface area contributed by atoms with Crippen LogP contribution in [0.5, 0.6) is 0 Å². The first-order valence-electron chi connectivity index (χ1n) is 7.46. The number of nitrogens with one attached hydrogen (secondary N) is 1. The first kappa shape index (κ1) is 15.4. The van der Waals surface area contributed by atoms with Crippen LogP contribution in [0.15, 0.2) is 29.6 Å². The van der Waals surface area contributed by atoms with E-state index < -0.39 is 0 Å². The summed E-state index contributed by atoms with van der Waals surface area (Å²) in [6, 6.07) is 8.46. The van der Waals surface area contributed by atoms with Gasteiger partial charge in [-0.05, 0) is 54.4 Å². The fourth-order valence-corrected chi connectivity index (χ4v) is 4.74. The van der Waals surface area contributed by atoms with Gasteiger partial charge in [0.15, 0.2) is 0 Å². The van der Waals surface area contributed by atoms with Crippen molar-refractivity contribution in [1.29, 1.82) is 0 Å². The summed E-state index contributed by atoms with van der Waals surface area (Å²) in [6.45, 7) is 3.06. The Hall–Kier alpha value is -0.540. The van der Waals surface area contributed by atoms with Crippen LogP contribution < -0.4 is 5.32 Å². The molecule has 0 saturated carbocycles. The zero-order chi connectivity index (χ0) is 14.8. The lowest BCUT2D eigenvalue weighted by atomic mass is 9.80. The van der Waals surface area contributed by atoms with Crippen molar-refractivity contribution < 1.29 is 0 Å². The SMILES string of the molecule is CCNC(c1cccc(Cl)c1Cl)C1CCCc2sccc21. The van der Waals surface area contributed by atoms with E-state index in [1.165, 1.54) is 29.7 Å². The van der Waals surface area contributed by atoms with E-state index in [-0.39, 0.29) is 6.04 Å². The van der Waals surface area contributed by atoms with Crippen molar-refractivity contribution in [2.45, 2.75) is 38.1 Å². The van der Waals surface area contributed by atoms with Crippen LogP contribution in [0.4, 0.5) is 0 Å². The third-order valence-corrected chi connectivity index (χ3v) is 6.07. The molecule has 2 atom stereocenters. The number of hydrogen-bond donors (Lipinski definition) is 1. The van der Waals surface area contributed by atoms with E-state index in [2.05, 4.69) is 29.8 Å². The minimum Gasteiger partial charge on any atom is -0.310 e. The molecule has 1 heterocycles. The van der Waals surface area contributed by atoms with Crippen LogP contribution in [-0.4, -0.2) is 6.54 Å². The summed E-state index contributed by atoms with van der Waals surface area (Å²) >= 11 is 14.6. The summed E-state index contributed by atoms with van der Waals surface area (Å²) < 4.78 is 0. The van der Waals surface area contributed by atoms with Crippen molar-refractivity contribution in [3.05, 3.63) is 55.7 Å². The molecular weight excluding hydrogens is 321 g/mol. The van der Waals surface area contributed by atoms with E-state index in [0.717, 1.165) is 12.1 Å². The summed E-state index contributed by atoms with van der Waals surface area (Å²) in [5, 5.41) is 7.17. The molecule has 1 nitrogen and oxygen atoms in total. The van der Waals surface area contributed by atoms with Crippen LogP contribution in [0, 0.1) is 0 Å². The van der Waals surface area contributed by atoms with Crippen LogP contribution in [0.3, 0.4) is 0 Å².